The molecule has 3 aliphatic rings. The number of aliphatic imine (C=N–C) groups is 1. The molecule has 1 saturated carbocycles. The summed E-state index contributed by atoms with van der Waals surface area (Å²) in [4.78, 5) is 19.4. The molecule has 1 aromatic rings. The SMILES string of the molecule is COC1CCC2(CC1)Cc1c(F)ccc(Br)c1C21N=C(N)N(C)C1=O. The van der Waals surface area contributed by atoms with Gasteiger partial charge in [-0.05, 0) is 49.8 Å². The molecule has 0 saturated heterocycles. The van der Waals surface area contributed by atoms with Gasteiger partial charge in [0.05, 0.1) is 6.10 Å². The minimum absolute atomic E-state index is 0.161. The summed E-state index contributed by atoms with van der Waals surface area (Å²) in [7, 11) is 3.35. The van der Waals surface area contributed by atoms with Gasteiger partial charge >= 0.3 is 0 Å². The lowest BCUT2D eigenvalue weighted by Crippen LogP contribution is -2.51. The van der Waals surface area contributed by atoms with Crippen molar-refractivity contribution in [2.24, 2.45) is 16.1 Å². The van der Waals surface area contributed by atoms with Crippen LogP contribution >= 0.6 is 15.9 Å². The molecular weight excluding hydrogens is 389 g/mol. The molecule has 25 heavy (non-hydrogen) atoms. The zero-order valence-electron chi connectivity index (χ0n) is 14.3. The van der Waals surface area contributed by atoms with E-state index in [4.69, 9.17) is 10.5 Å². The van der Waals surface area contributed by atoms with E-state index in [1.165, 1.54) is 11.0 Å². The number of benzene rings is 1. The highest BCUT2D eigenvalue weighted by Gasteiger charge is 2.67. The third kappa shape index (κ3) is 2.02. The number of carbonyl (C=O) groups is 1. The van der Waals surface area contributed by atoms with Gasteiger partial charge in [0.1, 0.15) is 5.82 Å². The zero-order valence-corrected chi connectivity index (χ0v) is 15.9. The Labute approximate surface area is 154 Å². The zero-order chi connectivity index (χ0) is 18.0. The number of hydrogen-bond acceptors (Lipinski definition) is 4. The van der Waals surface area contributed by atoms with E-state index in [0.29, 0.717) is 17.5 Å². The summed E-state index contributed by atoms with van der Waals surface area (Å²) in [6, 6.07) is 3.11. The summed E-state index contributed by atoms with van der Waals surface area (Å²) in [5.74, 6) is -0.243. The Balaban J connectivity index is 1.95. The molecule has 134 valence electrons. The lowest BCUT2D eigenvalue weighted by molar-refractivity contribution is -0.137. The predicted octanol–water partition coefficient (Wildman–Crippen LogP) is 2.70. The largest absolute Gasteiger partial charge is 0.381 e. The number of ether oxygens (including phenoxy) is 1. The highest BCUT2D eigenvalue weighted by Crippen LogP contribution is 2.63. The van der Waals surface area contributed by atoms with Crippen molar-refractivity contribution in [2.75, 3.05) is 14.2 Å². The van der Waals surface area contributed by atoms with Crippen molar-refractivity contribution in [3.63, 3.8) is 0 Å². The third-order valence-electron chi connectivity index (χ3n) is 6.31. The molecule has 2 spiro atoms. The molecule has 1 unspecified atom stereocenters. The average molecular weight is 410 g/mol. The van der Waals surface area contributed by atoms with Crippen LogP contribution in [0.4, 0.5) is 4.39 Å². The van der Waals surface area contributed by atoms with Crippen LogP contribution in [0.1, 0.15) is 36.8 Å². The molecule has 1 fully saturated rings. The number of nitrogens with two attached hydrogens (primary N) is 1. The van der Waals surface area contributed by atoms with Crippen molar-refractivity contribution in [1.29, 1.82) is 0 Å². The maximum absolute atomic E-state index is 14.7. The minimum atomic E-state index is -1.14. The van der Waals surface area contributed by atoms with E-state index >= 15 is 0 Å². The standard InChI is InChI=1S/C18H21BrFN3O2/c1-23-15(24)18(22-16(23)21)14-11(13(20)4-3-12(14)19)9-17(18)7-5-10(25-2)6-8-17/h3-4,10H,5-9H2,1-2H3,(H2,21,22). The quantitative estimate of drug-likeness (QED) is 0.774. The first-order valence-corrected chi connectivity index (χ1v) is 9.29. The molecule has 1 atom stereocenters. The van der Waals surface area contributed by atoms with Gasteiger partial charge in [0.15, 0.2) is 11.5 Å². The van der Waals surface area contributed by atoms with E-state index in [1.54, 1.807) is 20.2 Å². The first kappa shape index (κ1) is 17.0. The third-order valence-corrected chi connectivity index (χ3v) is 6.97. The molecule has 2 aliphatic carbocycles. The number of nitrogens with zero attached hydrogens (tertiary/aromatic N) is 2. The van der Waals surface area contributed by atoms with Crippen LogP contribution in [0.25, 0.3) is 0 Å². The fraction of sp³-hybridized carbons (Fsp3) is 0.556. The molecule has 1 aromatic carbocycles. The number of likely N-dealkylation sites (N-methyl/N-ethyl adjacent to an activating group) is 1. The van der Waals surface area contributed by atoms with Gasteiger partial charge in [0.2, 0.25) is 0 Å². The van der Waals surface area contributed by atoms with Gasteiger partial charge < -0.3 is 10.5 Å². The van der Waals surface area contributed by atoms with Crippen LogP contribution in [0.5, 0.6) is 0 Å². The number of fused-ring (bicyclic) bond motifs is 3. The highest BCUT2D eigenvalue weighted by molar-refractivity contribution is 9.10. The fourth-order valence-electron chi connectivity index (χ4n) is 4.96. The molecule has 0 bridgehead atoms. The lowest BCUT2D eigenvalue weighted by Gasteiger charge is -2.45. The second-order valence-electron chi connectivity index (χ2n) is 7.32. The number of halogens is 2. The Morgan fingerprint density at radius 3 is 2.64 bits per heavy atom. The van der Waals surface area contributed by atoms with Crippen LogP contribution in [0.2, 0.25) is 0 Å². The Morgan fingerprint density at radius 1 is 1.40 bits per heavy atom. The van der Waals surface area contributed by atoms with Crippen molar-refractivity contribution in [3.8, 4) is 0 Å². The Kier molecular flexibility index (Phi) is 3.74. The Bertz CT molecular complexity index is 789. The normalized spacial score (nSPS) is 34.1. The van der Waals surface area contributed by atoms with Crippen LogP contribution < -0.4 is 5.73 Å². The second-order valence-corrected chi connectivity index (χ2v) is 8.17. The first-order valence-electron chi connectivity index (χ1n) is 8.50. The summed E-state index contributed by atoms with van der Waals surface area (Å²) in [6.07, 6.45) is 3.84. The number of amides is 1. The van der Waals surface area contributed by atoms with Crippen molar-refractivity contribution >= 4 is 27.8 Å². The van der Waals surface area contributed by atoms with Crippen LogP contribution in [0.3, 0.4) is 0 Å². The number of carbonyl (C=O) groups excluding carboxylic acids is 1. The first-order chi connectivity index (χ1) is 11.9. The van der Waals surface area contributed by atoms with Crippen molar-refractivity contribution in [3.05, 3.63) is 33.5 Å². The van der Waals surface area contributed by atoms with E-state index in [9.17, 15) is 9.18 Å². The van der Waals surface area contributed by atoms with E-state index in [2.05, 4.69) is 20.9 Å². The highest BCUT2D eigenvalue weighted by atomic mass is 79.9. The molecule has 1 aliphatic heterocycles. The number of rotatable bonds is 1. The maximum atomic E-state index is 14.7. The number of guanidine groups is 1. The second kappa shape index (κ2) is 5.51. The van der Waals surface area contributed by atoms with Crippen LogP contribution in [-0.2, 0) is 21.5 Å². The van der Waals surface area contributed by atoms with Gasteiger partial charge in [-0.1, -0.05) is 15.9 Å². The smallest absolute Gasteiger partial charge is 0.262 e. The maximum Gasteiger partial charge on any atom is 0.262 e. The van der Waals surface area contributed by atoms with E-state index in [-0.39, 0.29) is 23.8 Å². The van der Waals surface area contributed by atoms with Crippen LogP contribution in [0.15, 0.2) is 21.6 Å². The molecule has 4 rings (SSSR count). The molecule has 5 nitrogen and oxygen atoms in total. The number of methoxy groups -OCH3 is 1. The Morgan fingerprint density at radius 2 is 2.08 bits per heavy atom. The Hall–Kier alpha value is -1.47. The number of hydrogen-bond donors (Lipinski definition) is 1. The molecule has 7 heteroatoms. The molecule has 0 aromatic heterocycles. The summed E-state index contributed by atoms with van der Waals surface area (Å²) in [5, 5.41) is 0. The monoisotopic (exact) mass is 409 g/mol. The fourth-order valence-corrected chi connectivity index (χ4v) is 5.62. The van der Waals surface area contributed by atoms with Crippen molar-refractivity contribution in [1.82, 2.24) is 4.90 Å². The molecule has 1 heterocycles. The summed E-state index contributed by atoms with van der Waals surface area (Å²) in [6.45, 7) is 0. The van der Waals surface area contributed by atoms with Crippen molar-refractivity contribution in [2.45, 2.75) is 43.7 Å². The summed E-state index contributed by atoms with van der Waals surface area (Å²) >= 11 is 3.54. The molecule has 2 N–H and O–H groups in total. The van der Waals surface area contributed by atoms with E-state index in [1.807, 2.05) is 0 Å². The van der Waals surface area contributed by atoms with Gasteiger partial charge in [0.25, 0.3) is 5.91 Å². The molecular formula is C18H21BrFN3O2. The van der Waals surface area contributed by atoms with Crippen LogP contribution in [-0.4, -0.2) is 37.0 Å². The molecule has 1 amide bonds. The predicted molar refractivity (Wildman–Crippen MR) is 95.6 cm³/mol. The van der Waals surface area contributed by atoms with Gasteiger partial charge in [-0.25, -0.2) is 9.38 Å². The topological polar surface area (TPSA) is 67.9 Å². The minimum Gasteiger partial charge on any atom is -0.381 e. The van der Waals surface area contributed by atoms with Gasteiger partial charge in [-0.2, -0.15) is 0 Å². The van der Waals surface area contributed by atoms with Crippen LogP contribution in [0, 0.1) is 11.2 Å². The molecule has 0 radical (unpaired) electrons. The summed E-state index contributed by atoms with van der Waals surface area (Å²) in [5.41, 5.74) is 5.68. The van der Waals surface area contributed by atoms with Gasteiger partial charge in [-0.15, -0.1) is 0 Å². The van der Waals surface area contributed by atoms with E-state index < -0.39 is 11.0 Å². The van der Waals surface area contributed by atoms with Gasteiger partial charge in [-0.3, -0.25) is 9.69 Å². The van der Waals surface area contributed by atoms with Gasteiger partial charge in [0, 0.05) is 29.6 Å². The average Bonchev–Trinajstić information content (AvgIpc) is 3.01. The summed E-state index contributed by atoms with van der Waals surface area (Å²) < 4.78 is 20.9. The van der Waals surface area contributed by atoms with E-state index in [0.717, 1.165) is 30.2 Å². The lowest BCUT2D eigenvalue weighted by atomic mass is 9.61. The van der Waals surface area contributed by atoms with Crippen molar-refractivity contribution < 1.29 is 13.9 Å².